The molecule has 0 radical (unpaired) electrons. The summed E-state index contributed by atoms with van der Waals surface area (Å²) < 4.78 is 37.0. The summed E-state index contributed by atoms with van der Waals surface area (Å²) in [6.07, 6.45) is -3.62. The molecule has 0 bridgehead atoms. The SMILES string of the molecule is O=C(NCCNc1ccc(C(F)(F)F)cn1)c1cccs1. The minimum Gasteiger partial charge on any atom is -0.368 e. The Morgan fingerprint density at radius 2 is 2.05 bits per heavy atom. The molecule has 112 valence electrons. The Kier molecular flexibility index (Phi) is 4.79. The van der Waals surface area contributed by atoms with Crippen molar-refractivity contribution in [2.75, 3.05) is 18.4 Å². The van der Waals surface area contributed by atoms with E-state index < -0.39 is 11.7 Å². The van der Waals surface area contributed by atoms with Crippen LogP contribution in [0, 0.1) is 0 Å². The minimum absolute atomic E-state index is 0.174. The first-order chi connectivity index (χ1) is 9.97. The molecule has 2 heterocycles. The minimum atomic E-state index is -4.39. The molecule has 0 spiro atoms. The predicted molar refractivity (Wildman–Crippen MR) is 74.4 cm³/mol. The second-order valence-electron chi connectivity index (χ2n) is 4.09. The molecule has 0 aliphatic carbocycles. The number of hydrogen-bond acceptors (Lipinski definition) is 4. The van der Waals surface area contributed by atoms with E-state index in [1.54, 1.807) is 17.5 Å². The van der Waals surface area contributed by atoms with Crippen molar-refractivity contribution in [1.82, 2.24) is 10.3 Å². The van der Waals surface area contributed by atoms with E-state index in [4.69, 9.17) is 0 Å². The van der Waals surface area contributed by atoms with Crippen molar-refractivity contribution in [3.8, 4) is 0 Å². The van der Waals surface area contributed by atoms with E-state index in [-0.39, 0.29) is 5.91 Å². The zero-order chi connectivity index (χ0) is 15.3. The van der Waals surface area contributed by atoms with E-state index in [2.05, 4.69) is 15.6 Å². The van der Waals surface area contributed by atoms with Gasteiger partial charge in [0.25, 0.3) is 5.91 Å². The van der Waals surface area contributed by atoms with E-state index in [0.717, 1.165) is 12.3 Å². The number of aromatic nitrogens is 1. The number of carbonyl (C=O) groups excluding carboxylic acids is 1. The standard InChI is InChI=1S/C13H12F3N3OS/c14-13(15,16)9-3-4-11(19-8-9)17-5-6-18-12(20)10-2-1-7-21-10/h1-4,7-8H,5-6H2,(H,17,19)(H,18,20). The van der Waals surface area contributed by atoms with E-state index >= 15 is 0 Å². The van der Waals surface area contributed by atoms with Gasteiger partial charge in [-0.05, 0) is 23.6 Å². The molecule has 0 aliphatic heterocycles. The third kappa shape index (κ3) is 4.45. The van der Waals surface area contributed by atoms with Crippen LogP contribution in [0.4, 0.5) is 19.0 Å². The van der Waals surface area contributed by atoms with Gasteiger partial charge in [-0.15, -0.1) is 11.3 Å². The molecule has 21 heavy (non-hydrogen) atoms. The number of carbonyl (C=O) groups is 1. The summed E-state index contributed by atoms with van der Waals surface area (Å²) in [6, 6.07) is 5.71. The molecule has 1 amide bonds. The smallest absolute Gasteiger partial charge is 0.368 e. The molecule has 2 N–H and O–H groups in total. The lowest BCUT2D eigenvalue weighted by atomic mass is 10.3. The van der Waals surface area contributed by atoms with Crippen molar-refractivity contribution in [3.05, 3.63) is 46.3 Å². The molecule has 0 aliphatic rings. The van der Waals surface area contributed by atoms with Crippen LogP contribution in [0.25, 0.3) is 0 Å². The number of halogens is 3. The third-order valence-electron chi connectivity index (χ3n) is 2.55. The van der Waals surface area contributed by atoms with Crippen molar-refractivity contribution >= 4 is 23.1 Å². The molecule has 0 fully saturated rings. The quantitative estimate of drug-likeness (QED) is 0.834. The van der Waals surface area contributed by atoms with Gasteiger partial charge in [-0.3, -0.25) is 4.79 Å². The Morgan fingerprint density at radius 3 is 2.62 bits per heavy atom. The van der Waals surface area contributed by atoms with Crippen LogP contribution in [-0.4, -0.2) is 24.0 Å². The molecular weight excluding hydrogens is 303 g/mol. The number of nitrogens with one attached hydrogen (secondary N) is 2. The van der Waals surface area contributed by atoms with Crippen LogP contribution in [0.5, 0.6) is 0 Å². The monoisotopic (exact) mass is 315 g/mol. The molecule has 4 nitrogen and oxygen atoms in total. The van der Waals surface area contributed by atoms with Crippen molar-refractivity contribution < 1.29 is 18.0 Å². The van der Waals surface area contributed by atoms with Gasteiger partial charge in [0.15, 0.2) is 0 Å². The number of amides is 1. The number of rotatable bonds is 5. The predicted octanol–water partition coefficient (Wildman–Crippen LogP) is 3.00. The summed E-state index contributed by atoms with van der Waals surface area (Å²) in [5.74, 6) is 0.153. The summed E-state index contributed by atoms with van der Waals surface area (Å²) in [5.41, 5.74) is -0.793. The molecule has 8 heteroatoms. The molecule has 0 unspecified atom stereocenters. The van der Waals surface area contributed by atoms with Gasteiger partial charge in [-0.25, -0.2) is 4.98 Å². The van der Waals surface area contributed by atoms with Crippen molar-refractivity contribution in [2.24, 2.45) is 0 Å². The zero-order valence-electron chi connectivity index (χ0n) is 10.8. The van der Waals surface area contributed by atoms with Gasteiger partial charge in [0.05, 0.1) is 10.4 Å². The first kappa shape index (κ1) is 15.3. The fourth-order valence-electron chi connectivity index (χ4n) is 1.53. The molecule has 0 saturated carbocycles. The number of anilines is 1. The average Bonchev–Trinajstić information content (AvgIpc) is 2.97. The molecular formula is C13H12F3N3OS. The number of alkyl halides is 3. The van der Waals surface area contributed by atoms with Gasteiger partial charge < -0.3 is 10.6 Å². The molecule has 0 atom stereocenters. The zero-order valence-corrected chi connectivity index (χ0v) is 11.6. The Hall–Kier alpha value is -2.09. The maximum Gasteiger partial charge on any atom is 0.417 e. The molecule has 2 rings (SSSR count). The molecule has 2 aromatic heterocycles. The van der Waals surface area contributed by atoms with E-state index in [9.17, 15) is 18.0 Å². The number of hydrogen-bond donors (Lipinski definition) is 2. The van der Waals surface area contributed by atoms with Gasteiger partial charge >= 0.3 is 6.18 Å². The third-order valence-corrected chi connectivity index (χ3v) is 3.42. The highest BCUT2D eigenvalue weighted by Gasteiger charge is 2.30. The lowest BCUT2D eigenvalue weighted by Gasteiger charge is -2.09. The number of nitrogens with zero attached hydrogens (tertiary/aromatic N) is 1. The molecule has 0 aromatic carbocycles. The Labute approximate surface area is 123 Å². The molecule has 0 saturated heterocycles. The first-order valence-corrected chi connectivity index (χ1v) is 6.93. The van der Waals surface area contributed by atoms with Crippen LogP contribution in [0.3, 0.4) is 0 Å². The van der Waals surface area contributed by atoms with Crippen LogP contribution in [0.2, 0.25) is 0 Å². The van der Waals surface area contributed by atoms with Crippen LogP contribution in [0.1, 0.15) is 15.2 Å². The van der Waals surface area contributed by atoms with Gasteiger partial charge in [-0.1, -0.05) is 6.07 Å². The van der Waals surface area contributed by atoms with E-state index in [1.807, 2.05) is 0 Å². The summed E-state index contributed by atoms with van der Waals surface area (Å²) in [7, 11) is 0. The van der Waals surface area contributed by atoms with Gasteiger partial charge in [0.2, 0.25) is 0 Å². The summed E-state index contributed by atoms with van der Waals surface area (Å²) in [6.45, 7) is 0.717. The largest absolute Gasteiger partial charge is 0.417 e. The first-order valence-electron chi connectivity index (χ1n) is 6.05. The fraction of sp³-hybridized carbons (Fsp3) is 0.231. The number of thiophene rings is 1. The normalized spacial score (nSPS) is 11.2. The Bertz CT molecular complexity index is 582. The van der Waals surface area contributed by atoms with Crippen LogP contribution in [0.15, 0.2) is 35.8 Å². The lowest BCUT2D eigenvalue weighted by molar-refractivity contribution is -0.137. The lowest BCUT2D eigenvalue weighted by Crippen LogP contribution is -2.28. The van der Waals surface area contributed by atoms with E-state index in [0.29, 0.717) is 23.8 Å². The van der Waals surface area contributed by atoms with Crippen LogP contribution < -0.4 is 10.6 Å². The maximum atomic E-state index is 12.3. The summed E-state index contributed by atoms with van der Waals surface area (Å²) >= 11 is 1.34. The maximum absolute atomic E-state index is 12.3. The molecule has 2 aromatic rings. The van der Waals surface area contributed by atoms with Gasteiger partial charge in [0.1, 0.15) is 5.82 Å². The van der Waals surface area contributed by atoms with Crippen molar-refractivity contribution in [1.29, 1.82) is 0 Å². The summed E-state index contributed by atoms with van der Waals surface area (Å²) in [5, 5.41) is 7.33. The Morgan fingerprint density at radius 1 is 1.24 bits per heavy atom. The highest BCUT2D eigenvalue weighted by atomic mass is 32.1. The summed E-state index contributed by atoms with van der Waals surface area (Å²) in [4.78, 5) is 15.9. The van der Waals surface area contributed by atoms with E-state index in [1.165, 1.54) is 17.4 Å². The number of pyridine rings is 1. The highest BCUT2D eigenvalue weighted by molar-refractivity contribution is 7.12. The topological polar surface area (TPSA) is 54.0 Å². The van der Waals surface area contributed by atoms with Crippen molar-refractivity contribution in [2.45, 2.75) is 6.18 Å². The second kappa shape index (κ2) is 6.57. The fourth-order valence-corrected chi connectivity index (χ4v) is 2.17. The van der Waals surface area contributed by atoms with Crippen LogP contribution >= 0.6 is 11.3 Å². The highest BCUT2D eigenvalue weighted by Crippen LogP contribution is 2.28. The second-order valence-corrected chi connectivity index (χ2v) is 5.04. The Balaban J connectivity index is 1.75. The van der Waals surface area contributed by atoms with Gasteiger partial charge in [-0.2, -0.15) is 13.2 Å². The van der Waals surface area contributed by atoms with Crippen LogP contribution in [-0.2, 0) is 6.18 Å². The average molecular weight is 315 g/mol. The van der Waals surface area contributed by atoms with Gasteiger partial charge in [0, 0.05) is 19.3 Å². The van der Waals surface area contributed by atoms with Crippen molar-refractivity contribution in [3.63, 3.8) is 0 Å².